The number of hydrogen-bond acceptors (Lipinski definition) is 5. The minimum atomic E-state index is -0.778. The number of nitrogens with one attached hydrogen (secondary N) is 1. The molecule has 2 fully saturated rings. The highest BCUT2D eigenvalue weighted by atomic mass is 19.1. The molecule has 1 aliphatic carbocycles. The number of anilines is 1. The maximum Gasteiger partial charge on any atom is 0.259 e. The molecule has 1 N–H and O–H groups in total. The van der Waals surface area contributed by atoms with E-state index in [1.165, 1.54) is 29.9 Å². The van der Waals surface area contributed by atoms with Gasteiger partial charge in [-0.05, 0) is 42.9 Å². The van der Waals surface area contributed by atoms with Gasteiger partial charge in [-0.3, -0.25) is 14.8 Å². The number of fused-ring (bicyclic) bond motifs is 2. The predicted molar refractivity (Wildman–Crippen MR) is 106 cm³/mol. The molecule has 3 heterocycles. The summed E-state index contributed by atoms with van der Waals surface area (Å²) in [5, 5.41) is 2.76. The third-order valence-corrected chi connectivity index (χ3v) is 6.15. The molecular weight excluding hydrogens is 376 g/mol. The lowest BCUT2D eigenvalue weighted by Crippen LogP contribution is -2.29. The van der Waals surface area contributed by atoms with Gasteiger partial charge in [0.15, 0.2) is 0 Å². The van der Waals surface area contributed by atoms with Gasteiger partial charge in [-0.25, -0.2) is 18.8 Å². The van der Waals surface area contributed by atoms with E-state index in [9.17, 15) is 13.6 Å². The molecule has 8 heteroatoms. The molecule has 2 atom stereocenters. The maximum atomic E-state index is 14.2. The highest BCUT2D eigenvalue weighted by Crippen LogP contribution is 2.37. The second kappa shape index (κ2) is 6.88. The molecule has 0 bridgehead atoms. The van der Waals surface area contributed by atoms with Gasteiger partial charge < -0.3 is 0 Å². The Labute approximate surface area is 166 Å². The zero-order valence-electron chi connectivity index (χ0n) is 16.0. The van der Waals surface area contributed by atoms with Gasteiger partial charge in [0.05, 0.1) is 5.56 Å². The van der Waals surface area contributed by atoms with E-state index in [2.05, 4.69) is 20.4 Å². The summed E-state index contributed by atoms with van der Waals surface area (Å²) in [5.41, 5.74) is 3.52. The molecule has 5 rings (SSSR count). The highest BCUT2D eigenvalue weighted by molar-refractivity contribution is 5.81. The van der Waals surface area contributed by atoms with E-state index in [1.54, 1.807) is 19.3 Å². The van der Waals surface area contributed by atoms with Crippen molar-refractivity contribution in [2.45, 2.75) is 19.3 Å². The average molecular weight is 397 g/mol. The summed E-state index contributed by atoms with van der Waals surface area (Å²) < 4.78 is 28.8. The van der Waals surface area contributed by atoms with Crippen molar-refractivity contribution >= 4 is 17.0 Å². The van der Waals surface area contributed by atoms with Crippen LogP contribution in [0.1, 0.15) is 19.3 Å². The lowest BCUT2D eigenvalue weighted by molar-refractivity contribution is 0.369. The van der Waals surface area contributed by atoms with E-state index in [-0.39, 0.29) is 11.1 Å². The first-order valence-electron chi connectivity index (χ1n) is 9.83. The van der Waals surface area contributed by atoms with Crippen LogP contribution in [0.3, 0.4) is 0 Å². The zero-order valence-corrected chi connectivity index (χ0v) is 16.0. The second-order valence-electron chi connectivity index (χ2n) is 7.99. The van der Waals surface area contributed by atoms with Crippen molar-refractivity contribution in [2.24, 2.45) is 18.9 Å². The number of benzene rings is 1. The largest absolute Gasteiger partial charge is 0.295 e. The van der Waals surface area contributed by atoms with Crippen molar-refractivity contribution in [1.82, 2.24) is 19.5 Å². The highest BCUT2D eigenvalue weighted by Gasteiger charge is 2.36. The van der Waals surface area contributed by atoms with Crippen LogP contribution in [-0.2, 0) is 7.05 Å². The van der Waals surface area contributed by atoms with E-state index in [0.717, 1.165) is 37.1 Å². The Bertz CT molecular complexity index is 1150. The monoisotopic (exact) mass is 397 g/mol. The van der Waals surface area contributed by atoms with Gasteiger partial charge in [-0.1, -0.05) is 6.42 Å². The van der Waals surface area contributed by atoms with Gasteiger partial charge in [-0.2, -0.15) is 4.98 Å². The molecule has 6 nitrogen and oxygen atoms in total. The maximum absolute atomic E-state index is 14.2. The number of aryl methyl sites for hydroxylation is 1. The Morgan fingerprint density at radius 3 is 2.59 bits per heavy atom. The van der Waals surface area contributed by atoms with Crippen LogP contribution in [0.25, 0.3) is 22.2 Å². The molecule has 1 saturated heterocycles. The number of hydrazine groups is 1. The van der Waals surface area contributed by atoms with Gasteiger partial charge >= 0.3 is 0 Å². The van der Waals surface area contributed by atoms with Crippen LogP contribution in [-0.4, -0.2) is 32.6 Å². The van der Waals surface area contributed by atoms with Gasteiger partial charge in [0.25, 0.3) is 5.56 Å². The molecule has 0 spiro atoms. The fourth-order valence-corrected chi connectivity index (χ4v) is 4.67. The van der Waals surface area contributed by atoms with Crippen molar-refractivity contribution in [3.05, 3.63) is 52.5 Å². The zero-order chi connectivity index (χ0) is 20.1. The second-order valence-corrected chi connectivity index (χ2v) is 7.99. The van der Waals surface area contributed by atoms with E-state index in [0.29, 0.717) is 17.0 Å². The minimum absolute atomic E-state index is 0.0553. The van der Waals surface area contributed by atoms with E-state index >= 15 is 0 Å². The molecule has 1 saturated carbocycles. The first kappa shape index (κ1) is 18.2. The summed E-state index contributed by atoms with van der Waals surface area (Å²) in [6, 6.07) is 4.73. The van der Waals surface area contributed by atoms with E-state index in [1.807, 2.05) is 0 Å². The SMILES string of the molecule is Cn1c(=O)c(-c2ccc(F)cc2F)cc2cnc(NN3CC4CCCC4C3)nc21. The van der Waals surface area contributed by atoms with Crippen LogP contribution in [0.15, 0.2) is 35.3 Å². The van der Waals surface area contributed by atoms with E-state index in [4.69, 9.17) is 0 Å². The van der Waals surface area contributed by atoms with Crippen LogP contribution in [0.4, 0.5) is 14.7 Å². The summed E-state index contributed by atoms with van der Waals surface area (Å²) in [5.74, 6) is 0.448. The van der Waals surface area contributed by atoms with Crippen LogP contribution in [0, 0.1) is 23.5 Å². The summed E-state index contributed by atoms with van der Waals surface area (Å²) in [7, 11) is 1.59. The predicted octanol–water partition coefficient (Wildman–Crippen LogP) is 3.33. The van der Waals surface area contributed by atoms with Gasteiger partial charge in [0.2, 0.25) is 5.95 Å². The summed E-state index contributed by atoms with van der Waals surface area (Å²) >= 11 is 0. The third kappa shape index (κ3) is 3.17. The minimum Gasteiger partial charge on any atom is -0.295 e. The molecule has 2 aliphatic rings. The quantitative estimate of drug-likeness (QED) is 0.735. The molecule has 2 unspecified atom stereocenters. The van der Waals surface area contributed by atoms with Crippen molar-refractivity contribution in [1.29, 1.82) is 0 Å². The smallest absolute Gasteiger partial charge is 0.259 e. The summed E-state index contributed by atoms with van der Waals surface area (Å²) in [4.78, 5) is 21.7. The Morgan fingerprint density at radius 2 is 1.86 bits per heavy atom. The molecule has 1 aromatic carbocycles. The molecular formula is C21H21F2N5O. The van der Waals surface area contributed by atoms with Gasteiger partial charge in [0, 0.05) is 43.4 Å². The van der Waals surface area contributed by atoms with Crippen LogP contribution in [0.2, 0.25) is 0 Å². The summed E-state index contributed by atoms with van der Waals surface area (Å²) in [6.07, 6.45) is 5.48. The molecule has 29 heavy (non-hydrogen) atoms. The van der Waals surface area contributed by atoms with Gasteiger partial charge in [-0.15, -0.1) is 0 Å². The van der Waals surface area contributed by atoms with Crippen molar-refractivity contribution in [2.75, 3.05) is 18.5 Å². The van der Waals surface area contributed by atoms with Crippen LogP contribution < -0.4 is 11.0 Å². The molecule has 0 amide bonds. The fourth-order valence-electron chi connectivity index (χ4n) is 4.67. The van der Waals surface area contributed by atoms with Crippen molar-refractivity contribution in [3.8, 4) is 11.1 Å². The number of halogens is 2. The Kier molecular flexibility index (Phi) is 4.31. The average Bonchev–Trinajstić information content (AvgIpc) is 3.27. The topological polar surface area (TPSA) is 63.1 Å². The standard InChI is InChI=1S/C21H21F2N5O/c1-27-19-14(7-17(20(27)29)16-6-5-15(22)8-18(16)23)9-24-21(25-19)26-28-10-12-3-2-4-13(12)11-28/h5-9,12-13H,2-4,10-11H2,1H3,(H,24,25,26). The number of hydrogen-bond donors (Lipinski definition) is 1. The number of rotatable bonds is 3. The molecule has 0 radical (unpaired) electrons. The van der Waals surface area contributed by atoms with Crippen molar-refractivity contribution < 1.29 is 8.78 Å². The lowest BCUT2D eigenvalue weighted by Gasteiger charge is -2.18. The van der Waals surface area contributed by atoms with Gasteiger partial charge in [0.1, 0.15) is 17.3 Å². The Balaban J connectivity index is 1.49. The number of pyridine rings is 1. The van der Waals surface area contributed by atoms with Crippen LogP contribution >= 0.6 is 0 Å². The van der Waals surface area contributed by atoms with Crippen molar-refractivity contribution in [3.63, 3.8) is 0 Å². The fraction of sp³-hybridized carbons (Fsp3) is 0.381. The van der Waals surface area contributed by atoms with E-state index < -0.39 is 17.2 Å². The third-order valence-electron chi connectivity index (χ3n) is 6.15. The molecule has 1 aliphatic heterocycles. The summed E-state index contributed by atoms with van der Waals surface area (Å²) in [6.45, 7) is 1.96. The normalized spacial score (nSPS) is 21.6. The first-order valence-corrected chi connectivity index (χ1v) is 9.83. The first-order chi connectivity index (χ1) is 14.0. The molecule has 3 aromatic rings. The Morgan fingerprint density at radius 1 is 1.10 bits per heavy atom. The van der Waals surface area contributed by atoms with Crippen LogP contribution in [0.5, 0.6) is 0 Å². The number of aromatic nitrogens is 3. The number of nitrogens with zero attached hydrogens (tertiary/aromatic N) is 4. The molecule has 2 aromatic heterocycles. The Hall–Kier alpha value is -2.87. The lowest BCUT2D eigenvalue weighted by atomic mass is 10.0. The molecule has 150 valence electrons.